The maximum Gasteiger partial charge on any atom is 0.110 e. The first kappa shape index (κ1) is 13.5. The van der Waals surface area contributed by atoms with E-state index in [9.17, 15) is 0 Å². The summed E-state index contributed by atoms with van der Waals surface area (Å²) < 4.78 is 8.03. The van der Waals surface area contributed by atoms with Crippen molar-refractivity contribution in [3.05, 3.63) is 65.5 Å². The van der Waals surface area contributed by atoms with Gasteiger partial charge in [-0.2, -0.15) is 0 Å². The third-order valence-electron chi connectivity index (χ3n) is 4.60. The maximum absolute atomic E-state index is 5.64. The third-order valence-corrected chi connectivity index (χ3v) is 4.60. The van der Waals surface area contributed by atoms with Crippen LogP contribution in [-0.4, -0.2) is 16.7 Å². The molecule has 1 unspecified atom stereocenters. The van der Waals surface area contributed by atoms with Crippen molar-refractivity contribution < 1.29 is 4.74 Å². The Hall–Kier alpha value is -2.13. The van der Waals surface area contributed by atoms with E-state index in [4.69, 9.17) is 9.72 Å². The van der Waals surface area contributed by atoms with Crippen LogP contribution in [-0.2, 0) is 24.1 Å². The van der Waals surface area contributed by atoms with Gasteiger partial charge in [0.2, 0.25) is 0 Å². The SMILES string of the molecule is COC1CCn2c(CCc3ccccc3)nc3cccc1c32. The number of imidazole rings is 1. The fourth-order valence-electron chi connectivity index (χ4n) is 3.50. The van der Waals surface area contributed by atoms with Gasteiger partial charge in [-0.25, -0.2) is 4.98 Å². The molecule has 0 spiro atoms. The number of nitrogens with zero attached hydrogens (tertiary/aromatic N) is 2. The van der Waals surface area contributed by atoms with Crippen LogP contribution in [0.1, 0.15) is 29.5 Å². The second-order valence-electron chi connectivity index (χ2n) is 5.89. The van der Waals surface area contributed by atoms with Crippen molar-refractivity contribution in [2.24, 2.45) is 0 Å². The summed E-state index contributed by atoms with van der Waals surface area (Å²) in [5, 5.41) is 0. The van der Waals surface area contributed by atoms with Gasteiger partial charge < -0.3 is 9.30 Å². The topological polar surface area (TPSA) is 27.1 Å². The molecule has 1 aliphatic rings. The molecule has 1 aliphatic heterocycles. The lowest BCUT2D eigenvalue weighted by atomic mass is 10.0. The summed E-state index contributed by atoms with van der Waals surface area (Å²) in [5.41, 5.74) is 5.02. The molecule has 2 heterocycles. The number of ether oxygens (including phenoxy) is 1. The number of hydrogen-bond donors (Lipinski definition) is 0. The van der Waals surface area contributed by atoms with E-state index >= 15 is 0 Å². The van der Waals surface area contributed by atoms with E-state index < -0.39 is 0 Å². The Balaban J connectivity index is 1.70. The number of hydrogen-bond acceptors (Lipinski definition) is 2. The number of methoxy groups -OCH3 is 1. The normalized spacial score (nSPS) is 17.0. The Bertz CT molecular complexity index is 792. The smallest absolute Gasteiger partial charge is 0.110 e. The fraction of sp³-hybridized carbons (Fsp3) is 0.316. The first-order valence-corrected chi connectivity index (χ1v) is 7.91. The Morgan fingerprint density at radius 3 is 2.77 bits per heavy atom. The van der Waals surface area contributed by atoms with Crippen molar-refractivity contribution in [3.63, 3.8) is 0 Å². The van der Waals surface area contributed by atoms with E-state index in [0.29, 0.717) is 0 Å². The van der Waals surface area contributed by atoms with E-state index in [2.05, 4.69) is 53.1 Å². The van der Waals surface area contributed by atoms with Gasteiger partial charge in [-0.1, -0.05) is 42.5 Å². The van der Waals surface area contributed by atoms with Crippen LogP contribution in [0.5, 0.6) is 0 Å². The first-order chi connectivity index (χ1) is 10.9. The second-order valence-corrected chi connectivity index (χ2v) is 5.89. The van der Waals surface area contributed by atoms with Crippen molar-refractivity contribution in [3.8, 4) is 0 Å². The molecule has 0 amide bonds. The third kappa shape index (κ3) is 2.22. The van der Waals surface area contributed by atoms with Gasteiger partial charge in [0.05, 0.1) is 17.1 Å². The van der Waals surface area contributed by atoms with Gasteiger partial charge in [-0.15, -0.1) is 0 Å². The highest BCUT2D eigenvalue weighted by atomic mass is 16.5. The molecule has 0 fully saturated rings. The summed E-state index contributed by atoms with van der Waals surface area (Å²) in [4.78, 5) is 4.88. The molecule has 0 radical (unpaired) electrons. The molecule has 0 saturated carbocycles. The Morgan fingerprint density at radius 1 is 1.09 bits per heavy atom. The molecule has 2 aromatic carbocycles. The average Bonchev–Trinajstić information content (AvgIpc) is 2.94. The monoisotopic (exact) mass is 292 g/mol. The van der Waals surface area contributed by atoms with Gasteiger partial charge in [0, 0.05) is 25.6 Å². The number of rotatable bonds is 4. The minimum Gasteiger partial charge on any atom is -0.377 e. The lowest BCUT2D eigenvalue weighted by molar-refractivity contribution is 0.0885. The van der Waals surface area contributed by atoms with Crippen LogP contribution in [0, 0.1) is 0 Å². The van der Waals surface area contributed by atoms with Crippen LogP contribution in [0.2, 0.25) is 0 Å². The van der Waals surface area contributed by atoms with E-state index in [1.54, 1.807) is 7.11 Å². The Kier molecular flexibility index (Phi) is 3.43. The summed E-state index contributed by atoms with van der Waals surface area (Å²) >= 11 is 0. The molecule has 0 saturated heterocycles. The van der Waals surface area contributed by atoms with E-state index in [0.717, 1.165) is 31.3 Å². The fourth-order valence-corrected chi connectivity index (χ4v) is 3.50. The summed E-state index contributed by atoms with van der Waals surface area (Å²) in [6.45, 7) is 0.996. The van der Waals surface area contributed by atoms with Crippen molar-refractivity contribution in [1.29, 1.82) is 0 Å². The zero-order chi connectivity index (χ0) is 14.9. The van der Waals surface area contributed by atoms with Crippen LogP contribution in [0.25, 0.3) is 11.0 Å². The highest BCUT2D eigenvalue weighted by Gasteiger charge is 2.24. The van der Waals surface area contributed by atoms with Gasteiger partial charge in [0.25, 0.3) is 0 Å². The summed E-state index contributed by atoms with van der Waals surface area (Å²) in [6.07, 6.45) is 3.25. The van der Waals surface area contributed by atoms with Crippen LogP contribution in [0.4, 0.5) is 0 Å². The minimum absolute atomic E-state index is 0.204. The largest absolute Gasteiger partial charge is 0.377 e. The first-order valence-electron chi connectivity index (χ1n) is 7.91. The highest BCUT2D eigenvalue weighted by Crippen LogP contribution is 2.34. The van der Waals surface area contributed by atoms with Crippen molar-refractivity contribution >= 4 is 11.0 Å². The number of aromatic nitrogens is 2. The van der Waals surface area contributed by atoms with E-state index in [1.807, 2.05) is 0 Å². The van der Waals surface area contributed by atoms with Gasteiger partial charge >= 0.3 is 0 Å². The Labute approximate surface area is 130 Å². The van der Waals surface area contributed by atoms with Crippen LogP contribution >= 0.6 is 0 Å². The molecule has 112 valence electrons. The maximum atomic E-state index is 5.64. The molecule has 4 rings (SSSR count). The highest BCUT2D eigenvalue weighted by molar-refractivity contribution is 5.80. The number of benzene rings is 2. The summed E-state index contributed by atoms with van der Waals surface area (Å²) in [6, 6.07) is 17.0. The second kappa shape index (κ2) is 5.58. The van der Waals surface area contributed by atoms with Gasteiger partial charge in [0.15, 0.2) is 0 Å². The summed E-state index contributed by atoms with van der Waals surface area (Å²) in [5.74, 6) is 1.20. The zero-order valence-corrected chi connectivity index (χ0v) is 12.8. The van der Waals surface area contributed by atoms with E-state index in [1.165, 1.54) is 22.5 Å². The van der Waals surface area contributed by atoms with E-state index in [-0.39, 0.29) is 6.10 Å². The lowest BCUT2D eigenvalue weighted by Gasteiger charge is -2.24. The predicted molar refractivity (Wildman–Crippen MR) is 88.0 cm³/mol. The summed E-state index contributed by atoms with van der Waals surface area (Å²) in [7, 11) is 1.80. The molecule has 22 heavy (non-hydrogen) atoms. The molecule has 1 aromatic heterocycles. The molecule has 3 heteroatoms. The molecule has 1 atom stereocenters. The number of aryl methyl sites for hydroxylation is 3. The van der Waals surface area contributed by atoms with Crippen molar-refractivity contribution in [1.82, 2.24) is 9.55 Å². The zero-order valence-electron chi connectivity index (χ0n) is 12.8. The molecule has 0 N–H and O–H groups in total. The van der Waals surface area contributed by atoms with Crippen LogP contribution in [0.3, 0.4) is 0 Å². The van der Waals surface area contributed by atoms with Crippen LogP contribution < -0.4 is 0 Å². The molecular formula is C19H20N2O. The lowest BCUT2D eigenvalue weighted by Crippen LogP contribution is -2.16. The average molecular weight is 292 g/mol. The van der Waals surface area contributed by atoms with Crippen molar-refractivity contribution in [2.75, 3.05) is 7.11 Å². The molecule has 0 bridgehead atoms. The van der Waals surface area contributed by atoms with Crippen molar-refractivity contribution in [2.45, 2.75) is 31.9 Å². The Morgan fingerprint density at radius 2 is 1.95 bits per heavy atom. The minimum atomic E-state index is 0.204. The quantitative estimate of drug-likeness (QED) is 0.729. The molecule has 3 aromatic rings. The van der Waals surface area contributed by atoms with Gasteiger partial charge in [0.1, 0.15) is 5.82 Å². The van der Waals surface area contributed by atoms with Gasteiger partial charge in [-0.3, -0.25) is 0 Å². The molecular weight excluding hydrogens is 272 g/mol. The van der Waals surface area contributed by atoms with Gasteiger partial charge in [-0.05, 0) is 24.5 Å². The molecule has 0 aliphatic carbocycles. The predicted octanol–water partition coefficient (Wildman–Crippen LogP) is 3.91. The molecule has 3 nitrogen and oxygen atoms in total. The van der Waals surface area contributed by atoms with Crippen LogP contribution in [0.15, 0.2) is 48.5 Å². The number of para-hydroxylation sites is 1. The standard InChI is InChI=1S/C19H20N2O/c1-22-17-12-13-21-18(11-10-14-6-3-2-4-7-14)20-16-9-5-8-15(17)19(16)21/h2-9,17H,10-13H2,1H3.